The minimum Gasteiger partial charge on any atom is -0.444 e. The SMILES string of the molecule is CNC(=O)CCNC1CCCC(NC(=O)OC(C)(C)C)C1. The van der Waals surface area contributed by atoms with Crippen LogP contribution in [-0.2, 0) is 9.53 Å². The normalized spacial score (nSPS) is 22.5. The van der Waals surface area contributed by atoms with Gasteiger partial charge in [0, 0.05) is 32.1 Å². The van der Waals surface area contributed by atoms with Gasteiger partial charge in [-0.25, -0.2) is 4.79 Å². The second kappa shape index (κ2) is 8.22. The highest BCUT2D eigenvalue weighted by Crippen LogP contribution is 2.19. The summed E-state index contributed by atoms with van der Waals surface area (Å²) in [7, 11) is 1.64. The number of rotatable bonds is 5. The molecule has 6 heteroatoms. The summed E-state index contributed by atoms with van der Waals surface area (Å²) < 4.78 is 5.28. The van der Waals surface area contributed by atoms with Gasteiger partial charge in [0.05, 0.1) is 0 Å². The highest BCUT2D eigenvalue weighted by atomic mass is 16.6. The molecule has 0 aliphatic heterocycles. The Morgan fingerprint density at radius 1 is 1.19 bits per heavy atom. The molecule has 0 saturated heterocycles. The standard InChI is InChI=1S/C15H29N3O3/c1-15(2,3)21-14(20)18-12-7-5-6-11(10-12)17-9-8-13(19)16-4/h11-12,17H,5-10H2,1-4H3,(H,16,19)(H,18,20). The van der Waals surface area contributed by atoms with Crippen LogP contribution in [0.5, 0.6) is 0 Å². The van der Waals surface area contributed by atoms with E-state index in [1.807, 2.05) is 20.8 Å². The van der Waals surface area contributed by atoms with E-state index in [-0.39, 0.29) is 18.0 Å². The molecule has 0 aromatic rings. The molecule has 2 unspecified atom stereocenters. The molecule has 1 saturated carbocycles. The smallest absolute Gasteiger partial charge is 0.407 e. The zero-order chi connectivity index (χ0) is 15.9. The summed E-state index contributed by atoms with van der Waals surface area (Å²) >= 11 is 0. The van der Waals surface area contributed by atoms with Crippen molar-refractivity contribution in [3.8, 4) is 0 Å². The van der Waals surface area contributed by atoms with Crippen LogP contribution in [0.25, 0.3) is 0 Å². The maximum absolute atomic E-state index is 11.8. The van der Waals surface area contributed by atoms with Crippen molar-refractivity contribution in [1.29, 1.82) is 0 Å². The van der Waals surface area contributed by atoms with Gasteiger partial charge >= 0.3 is 6.09 Å². The number of ether oxygens (including phenoxy) is 1. The Hall–Kier alpha value is -1.30. The topological polar surface area (TPSA) is 79.5 Å². The van der Waals surface area contributed by atoms with Crippen LogP contribution in [-0.4, -0.2) is 43.3 Å². The van der Waals surface area contributed by atoms with Crippen LogP contribution < -0.4 is 16.0 Å². The number of nitrogens with one attached hydrogen (secondary N) is 3. The average molecular weight is 299 g/mol. The van der Waals surface area contributed by atoms with E-state index in [0.717, 1.165) is 25.7 Å². The van der Waals surface area contributed by atoms with Gasteiger partial charge in [0.15, 0.2) is 0 Å². The van der Waals surface area contributed by atoms with Crippen molar-refractivity contribution in [1.82, 2.24) is 16.0 Å². The van der Waals surface area contributed by atoms with E-state index in [0.29, 0.717) is 19.0 Å². The van der Waals surface area contributed by atoms with Gasteiger partial charge in [-0.15, -0.1) is 0 Å². The Labute approximate surface area is 127 Å². The van der Waals surface area contributed by atoms with E-state index in [9.17, 15) is 9.59 Å². The van der Waals surface area contributed by atoms with Gasteiger partial charge in [-0.1, -0.05) is 0 Å². The zero-order valence-electron chi connectivity index (χ0n) is 13.6. The number of carbonyl (C=O) groups is 2. The molecular weight excluding hydrogens is 270 g/mol. The third-order valence-corrected chi connectivity index (χ3v) is 3.46. The quantitative estimate of drug-likeness (QED) is 0.719. The Morgan fingerprint density at radius 2 is 1.86 bits per heavy atom. The molecule has 3 N–H and O–H groups in total. The Bertz CT molecular complexity index is 353. The summed E-state index contributed by atoms with van der Waals surface area (Å²) in [5.41, 5.74) is -0.468. The van der Waals surface area contributed by atoms with Crippen molar-refractivity contribution in [2.75, 3.05) is 13.6 Å². The highest BCUT2D eigenvalue weighted by molar-refractivity contribution is 5.75. The fourth-order valence-corrected chi connectivity index (χ4v) is 2.50. The molecule has 0 heterocycles. The van der Waals surface area contributed by atoms with Crippen LogP contribution >= 0.6 is 0 Å². The molecule has 1 aliphatic rings. The van der Waals surface area contributed by atoms with Crippen molar-refractivity contribution in [2.24, 2.45) is 0 Å². The molecule has 0 aromatic carbocycles. The molecule has 21 heavy (non-hydrogen) atoms. The first-order valence-electron chi connectivity index (χ1n) is 7.73. The lowest BCUT2D eigenvalue weighted by molar-refractivity contribution is -0.120. The van der Waals surface area contributed by atoms with E-state index < -0.39 is 5.60 Å². The van der Waals surface area contributed by atoms with Crippen LogP contribution in [0, 0.1) is 0 Å². The molecule has 2 amide bonds. The minimum absolute atomic E-state index is 0.0433. The Kier molecular flexibility index (Phi) is 6.95. The van der Waals surface area contributed by atoms with Crippen molar-refractivity contribution in [3.63, 3.8) is 0 Å². The van der Waals surface area contributed by atoms with E-state index in [2.05, 4.69) is 16.0 Å². The summed E-state index contributed by atoms with van der Waals surface area (Å²) in [5.74, 6) is 0.0433. The average Bonchev–Trinajstić information content (AvgIpc) is 2.36. The number of hydrogen-bond donors (Lipinski definition) is 3. The van der Waals surface area contributed by atoms with Gasteiger partial charge in [0.25, 0.3) is 0 Å². The lowest BCUT2D eigenvalue weighted by Gasteiger charge is -2.31. The molecule has 1 rings (SSSR count). The summed E-state index contributed by atoms with van der Waals surface area (Å²) in [6.45, 7) is 6.24. The molecule has 6 nitrogen and oxygen atoms in total. The maximum Gasteiger partial charge on any atom is 0.407 e. The summed E-state index contributed by atoms with van der Waals surface area (Å²) in [4.78, 5) is 22.9. The first-order chi connectivity index (χ1) is 9.80. The van der Waals surface area contributed by atoms with Crippen LogP contribution in [0.2, 0.25) is 0 Å². The molecule has 0 radical (unpaired) electrons. The lowest BCUT2D eigenvalue weighted by atomic mass is 9.91. The molecule has 0 bridgehead atoms. The summed E-state index contributed by atoms with van der Waals surface area (Å²) in [6, 6.07) is 0.495. The van der Waals surface area contributed by atoms with Gasteiger partial charge < -0.3 is 20.7 Å². The zero-order valence-corrected chi connectivity index (χ0v) is 13.6. The van der Waals surface area contributed by atoms with Gasteiger partial charge in [-0.3, -0.25) is 4.79 Å². The van der Waals surface area contributed by atoms with Crippen molar-refractivity contribution in [3.05, 3.63) is 0 Å². The maximum atomic E-state index is 11.8. The van der Waals surface area contributed by atoms with Crippen molar-refractivity contribution in [2.45, 2.75) is 70.6 Å². The monoisotopic (exact) mass is 299 g/mol. The van der Waals surface area contributed by atoms with Crippen molar-refractivity contribution < 1.29 is 14.3 Å². The largest absolute Gasteiger partial charge is 0.444 e. The van der Waals surface area contributed by atoms with Gasteiger partial charge in [-0.2, -0.15) is 0 Å². The molecule has 1 aliphatic carbocycles. The number of carbonyl (C=O) groups excluding carboxylic acids is 2. The fourth-order valence-electron chi connectivity index (χ4n) is 2.50. The Morgan fingerprint density at radius 3 is 2.48 bits per heavy atom. The first-order valence-corrected chi connectivity index (χ1v) is 7.73. The predicted octanol–water partition coefficient (Wildman–Crippen LogP) is 1.55. The molecule has 0 spiro atoms. The lowest BCUT2D eigenvalue weighted by Crippen LogP contribution is -2.46. The molecular formula is C15H29N3O3. The van der Waals surface area contributed by atoms with Crippen LogP contribution in [0.3, 0.4) is 0 Å². The minimum atomic E-state index is -0.468. The summed E-state index contributed by atoms with van der Waals surface area (Å²) in [5, 5.41) is 8.93. The fraction of sp³-hybridized carbons (Fsp3) is 0.867. The predicted molar refractivity (Wildman–Crippen MR) is 82.1 cm³/mol. The molecule has 122 valence electrons. The van der Waals surface area contributed by atoms with Crippen LogP contribution in [0.1, 0.15) is 52.9 Å². The number of hydrogen-bond acceptors (Lipinski definition) is 4. The van der Waals surface area contributed by atoms with Gasteiger partial charge in [0.1, 0.15) is 5.60 Å². The van der Waals surface area contributed by atoms with E-state index in [4.69, 9.17) is 4.74 Å². The van der Waals surface area contributed by atoms with Crippen molar-refractivity contribution >= 4 is 12.0 Å². The summed E-state index contributed by atoms with van der Waals surface area (Å²) in [6.07, 6.45) is 4.15. The van der Waals surface area contributed by atoms with Gasteiger partial charge in [-0.05, 0) is 46.5 Å². The third kappa shape index (κ3) is 7.90. The molecule has 2 atom stereocenters. The second-order valence-corrected chi connectivity index (χ2v) is 6.58. The van der Waals surface area contributed by atoms with Crippen LogP contribution in [0.15, 0.2) is 0 Å². The highest BCUT2D eigenvalue weighted by Gasteiger charge is 2.25. The molecule has 1 fully saturated rings. The van der Waals surface area contributed by atoms with Crippen LogP contribution in [0.4, 0.5) is 4.79 Å². The Balaban J connectivity index is 2.28. The third-order valence-electron chi connectivity index (χ3n) is 3.46. The van der Waals surface area contributed by atoms with E-state index >= 15 is 0 Å². The first kappa shape index (κ1) is 17.8. The van der Waals surface area contributed by atoms with E-state index in [1.54, 1.807) is 7.05 Å². The van der Waals surface area contributed by atoms with Gasteiger partial charge in [0.2, 0.25) is 5.91 Å². The second-order valence-electron chi connectivity index (χ2n) is 6.58. The number of alkyl carbamates (subject to hydrolysis) is 1. The molecule has 0 aromatic heterocycles. The number of amides is 2. The van der Waals surface area contributed by atoms with E-state index in [1.165, 1.54) is 0 Å².